The molecule has 0 bridgehead atoms. The topological polar surface area (TPSA) is 89.5 Å². The molecule has 1 amide bonds. The minimum absolute atomic E-state index is 0.149. The van der Waals surface area contributed by atoms with E-state index in [1.165, 1.54) is 0 Å². The first-order valence-electron chi connectivity index (χ1n) is 11.2. The number of carbonyl (C=O) groups excluding carboxylic acids is 1. The maximum atomic E-state index is 12.9. The minimum atomic E-state index is -0.149. The molecule has 3 heterocycles. The van der Waals surface area contributed by atoms with Gasteiger partial charge < -0.3 is 19.7 Å². The average molecular weight is 446 g/mol. The highest BCUT2D eigenvalue weighted by atomic mass is 16.5. The average Bonchev–Trinajstić information content (AvgIpc) is 3.71. The van der Waals surface area contributed by atoms with Crippen LogP contribution >= 0.6 is 0 Å². The van der Waals surface area contributed by atoms with Crippen molar-refractivity contribution in [2.75, 3.05) is 43.6 Å². The molecule has 0 radical (unpaired) electrons. The number of rotatable bonds is 6. The van der Waals surface area contributed by atoms with Crippen molar-refractivity contribution < 1.29 is 14.3 Å². The Hall–Kier alpha value is -3.52. The van der Waals surface area contributed by atoms with Gasteiger partial charge in [-0.3, -0.25) is 9.78 Å². The second-order valence-corrected chi connectivity index (χ2v) is 8.45. The molecular weight excluding hydrogens is 418 g/mol. The quantitative estimate of drug-likeness (QED) is 0.617. The van der Waals surface area contributed by atoms with Gasteiger partial charge in [0.2, 0.25) is 0 Å². The van der Waals surface area contributed by atoms with Crippen LogP contribution in [0.5, 0.6) is 5.88 Å². The molecule has 0 unspecified atom stereocenters. The molecule has 1 aliphatic carbocycles. The van der Waals surface area contributed by atoms with Gasteiger partial charge in [-0.15, -0.1) is 10.2 Å². The fourth-order valence-electron chi connectivity index (χ4n) is 4.05. The van der Waals surface area contributed by atoms with Crippen molar-refractivity contribution in [2.45, 2.75) is 25.7 Å². The molecule has 1 saturated carbocycles. The lowest BCUT2D eigenvalue weighted by Crippen LogP contribution is -2.36. The number of ether oxygens (including phenoxy) is 2. The van der Waals surface area contributed by atoms with E-state index in [1.807, 2.05) is 37.3 Å². The highest BCUT2D eigenvalue weighted by molar-refractivity contribution is 6.04. The predicted molar refractivity (Wildman–Crippen MR) is 126 cm³/mol. The summed E-state index contributed by atoms with van der Waals surface area (Å²) in [4.78, 5) is 19.5. The molecule has 3 aromatic rings. The second-order valence-electron chi connectivity index (χ2n) is 8.45. The van der Waals surface area contributed by atoms with Crippen LogP contribution in [0.2, 0.25) is 0 Å². The number of benzene rings is 1. The third-order valence-corrected chi connectivity index (χ3v) is 6.10. The Morgan fingerprint density at radius 2 is 1.94 bits per heavy atom. The van der Waals surface area contributed by atoms with Crippen molar-refractivity contribution >= 4 is 17.3 Å². The molecule has 5 rings (SSSR count). The molecule has 8 heteroatoms. The van der Waals surface area contributed by atoms with Gasteiger partial charge in [0.25, 0.3) is 11.8 Å². The Balaban J connectivity index is 1.41. The van der Waals surface area contributed by atoms with Crippen molar-refractivity contribution in [3.8, 4) is 17.1 Å². The van der Waals surface area contributed by atoms with E-state index in [2.05, 4.69) is 25.4 Å². The summed E-state index contributed by atoms with van der Waals surface area (Å²) in [5.41, 5.74) is 5.89. The molecule has 1 aliphatic heterocycles. The number of aromatic nitrogens is 3. The molecule has 0 atom stereocenters. The lowest BCUT2D eigenvalue weighted by molar-refractivity contribution is 0.102. The van der Waals surface area contributed by atoms with E-state index < -0.39 is 0 Å². The molecular formula is C25H27N5O3. The number of anilines is 2. The fourth-order valence-corrected chi connectivity index (χ4v) is 4.05. The Morgan fingerprint density at radius 1 is 1.12 bits per heavy atom. The molecule has 2 aromatic heterocycles. The van der Waals surface area contributed by atoms with Crippen LogP contribution in [0, 0.1) is 6.92 Å². The van der Waals surface area contributed by atoms with Crippen molar-refractivity contribution in [2.24, 2.45) is 0 Å². The van der Waals surface area contributed by atoms with Crippen molar-refractivity contribution in [3.05, 3.63) is 59.4 Å². The van der Waals surface area contributed by atoms with Gasteiger partial charge in [-0.2, -0.15) is 0 Å². The number of morpholine rings is 1. The van der Waals surface area contributed by atoms with Gasteiger partial charge >= 0.3 is 0 Å². The number of carbonyl (C=O) groups is 1. The van der Waals surface area contributed by atoms with Gasteiger partial charge in [-0.25, -0.2) is 0 Å². The summed E-state index contributed by atoms with van der Waals surface area (Å²) < 4.78 is 10.9. The fraction of sp³-hybridized carbons (Fsp3) is 0.360. The van der Waals surface area contributed by atoms with Crippen LogP contribution in [0.3, 0.4) is 0 Å². The summed E-state index contributed by atoms with van der Waals surface area (Å²) >= 11 is 0. The van der Waals surface area contributed by atoms with Crippen molar-refractivity contribution in [3.63, 3.8) is 0 Å². The number of amides is 1. The monoisotopic (exact) mass is 445 g/mol. The molecule has 0 spiro atoms. The van der Waals surface area contributed by atoms with Gasteiger partial charge in [0.15, 0.2) is 0 Å². The summed E-state index contributed by atoms with van der Waals surface area (Å²) in [5.74, 6) is 0.842. The molecule has 2 aliphatic rings. The lowest BCUT2D eigenvalue weighted by Gasteiger charge is -2.29. The van der Waals surface area contributed by atoms with Crippen LogP contribution < -0.4 is 15.0 Å². The number of pyridine rings is 1. The lowest BCUT2D eigenvalue weighted by atomic mass is 10.0. The van der Waals surface area contributed by atoms with E-state index in [1.54, 1.807) is 19.4 Å². The molecule has 8 nitrogen and oxygen atoms in total. The van der Waals surface area contributed by atoms with E-state index in [0.29, 0.717) is 36.3 Å². The molecule has 170 valence electrons. The van der Waals surface area contributed by atoms with E-state index in [-0.39, 0.29) is 5.91 Å². The van der Waals surface area contributed by atoms with Crippen molar-refractivity contribution in [1.82, 2.24) is 15.2 Å². The standard InChI is InChI=1S/C25H27N5O3/c1-16-3-6-19(27-24(31)18-7-8-26-21(13-18)17-4-5-17)14-20(16)22-15-23(25(32-2)29-28-22)30-9-11-33-12-10-30/h3,6-8,13-15,17H,4-5,9-12H2,1-2H3,(H,27,31). The number of methoxy groups -OCH3 is 1. The van der Waals surface area contributed by atoms with E-state index in [0.717, 1.165) is 54.1 Å². The predicted octanol–water partition coefficient (Wildman–Crippen LogP) is 3.82. The van der Waals surface area contributed by atoms with Gasteiger partial charge in [-0.05, 0) is 55.7 Å². The zero-order valence-electron chi connectivity index (χ0n) is 18.9. The van der Waals surface area contributed by atoms with Crippen LogP contribution in [0.15, 0.2) is 42.6 Å². The first-order chi connectivity index (χ1) is 16.1. The van der Waals surface area contributed by atoms with Gasteiger partial charge in [0.1, 0.15) is 5.69 Å². The summed E-state index contributed by atoms with van der Waals surface area (Å²) in [6.45, 7) is 4.89. The zero-order valence-corrected chi connectivity index (χ0v) is 18.9. The van der Waals surface area contributed by atoms with Crippen molar-refractivity contribution in [1.29, 1.82) is 0 Å². The van der Waals surface area contributed by atoms with Crippen LogP contribution in [0.1, 0.15) is 40.4 Å². The summed E-state index contributed by atoms with van der Waals surface area (Å²) in [5, 5.41) is 11.7. The zero-order chi connectivity index (χ0) is 22.8. The van der Waals surface area contributed by atoms with Gasteiger partial charge in [0, 0.05) is 47.7 Å². The van der Waals surface area contributed by atoms with Crippen LogP contribution in [0.4, 0.5) is 11.4 Å². The Labute approximate surface area is 193 Å². The molecule has 33 heavy (non-hydrogen) atoms. The third-order valence-electron chi connectivity index (χ3n) is 6.10. The number of hydrogen-bond donors (Lipinski definition) is 1. The number of aryl methyl sites for hydroxylation is 1. The summed E-state index contributed by atoms with van der Waals surface area (Å²) in [6, 6.07) is 11.5. The summed E-state index contributed by atoms with van der Waals surface area (Å²) in [6.07, 6.45) is 4.01. The molecule has 1 saturated heterocycles. The summed E-state index contributed by atoms with van der Waals surface area (Å²) in [7, 11) is 1.60. The van der Waals surface area contributed by atoms with Crippen LogP contribution in [0.25, 0.3) is 11.3 Å². The third kappa shape index (κ3) is 4.66. The molecule has 1 aromatic carbocycles. The van der Waals surface area contributed by atoms with Crippen LogP contribution in [-0.4, -0.2) is 54.5 Å². The van der Waals surface area contributed by atoms with E-state index in [4.69, 9.17) is 9.47 Å². The second kappa shape index (κ2) is 9.15. The Morgan fingerprint density at radius 3 is 2.70 bits per heavy atom. The number of nitrogens with zero attached hydrogens (tertiary/aromatic N) is 4. The molecule has 1 N–H and O–H groups in total. The van der Waals surface area contributed by atoms with E-state index in [9.17, 15) is 4.79 Å². The SMILES string of the molecule is COc1nnc(-c2cc(NC(=O)c3ccnc(C4CC4)c3)ccc2C)cc1N1CCOCC1. The molecule has 2 fully saturated rings. The number of hydrogen-bond acceptors (Lipinski definition) is 7. The van der Waals surface area contributed by atoms with Gasteiger partial charge in [0.05, 0.1) is 26.0 Å². The van der Waals surface area contributed by atoms with Crippen LogP contribution in [-0.2, 0) is 4.74 Å². The largest absolute Gasteiger partial charge is 0.478 e. The maximum Gasteiger partial charge on any atom is 0.257 e. The number of nitrogens with one attached hydrogen (secondary N) is 1. The Bertz CT molecular complexity index is 1170. The Kier molecular flexibility index (Phi) is 5.92. The first kappa shape index (κ1) is 21.3. The smallest absolute Gasteiger partial charge is 0.257 e. The maximum absolute atomic E-state index is 12.9. The van der Waals surface area contributed by atoms with E-state index >= 15 is 0 Å². The van der Waals surface area contributed by atoms with Gasteiger partial charge in [-0.1, -0.05) is 6.07 Å². The minimum Gasteiger partial charge on any atom is -0.478 e. The highest BCUT2D eigenvalue weighted by Crippen LogP contribution is 2.39. The highest BCUT2D eigenvalue weighted by Gasteiger charge is 2.25. The first-order valence-corrected chi connectivity index (χ1v) is 11.2. The normalized spacial score (nSPS) is 15.9.